The van der Waals surface area contributed by atoms with E-state index in [4.69, 9.17) is 27.9 Å². The van der Waals surface area contributed by atoms with Crippen molar-refractivity contribution in [2.24, 2.45) is 0 Å². The average molecular weight is 293 g/mol. The lowest BCUT2D eigenvalue weighted by Gasteiger charge is -2.25. The van der Waals surface area contributed by atoms with Gasteiger partial charge in [0.05, 0.1) is 5.56 Å². The van der Waals surface area contributed by atoms with E-state index in [2.05, 4.69) is 0 Å². The molecule has 0 radical (unpaired) electrons. The number of fused-ring (bicyclic) bond motifs is 1. The molecule has 2 nitrogen and oxygen atoms in total. The fraction of sp³-hybridized carbons (Fsp3) is 0.133. The molecule has 3 rings (SSSR count). The number of esters is 1. The molecule has 1 heterocycles. The van der Waals surface area contributed by atoms with Crippen LogP contribution < -0.4 is 0 Å². The van der Waals surface area contributed by atoms with Crippen molar-refractivity contribution >= 4 is 29.2 Å². The summed E-state index contributed by atoms with van der Waals surface area (Å²) in [5.41, 5.74) is 2.34. The lowest BCUT2D eigenvalue weighted by molar-refractivity contribution is 0.0253. The Bertz CT molecular complexity index is 652. The molecule has 4 heteroatoms. The molecule has 1 unspecified atom stereocenters. The molecule has 1 aliphatic rings. The highest BCUT2D eigenvalue weighted by molar-refractivity contribution is 6.33. The summed E-state index contributed by atoms with van der Waals surface area (Å²) >= 11 is 12.1. The van der Waals surface area contributed by atoms with Gasteiger partial charge in [-0.2, -0.15) is 0 Å². The van der Waals surface area contributed by atoms with Crippen LogP contribution in [0.4, 0.5) is 0 Å². The van der Waals surface area contributed by atoms with E-state index in [1.807, 2.05) is 18.2 Å². The van der Waals surface area contributed by atoms with Crippen LogP contribution in [0.3, 0.4) is 0 Å². The number of hydrogen-bond acceptors (Lipinski definition) is 2. The highest BCUT2D eigenvalue weighted by atomic mass is 35.5. The number of halogens is 2. The first-order valence-electron chi connectivity index (χ1n) is 5.89. The van der Waals surface area contributed by atoms with Gasteiger partial charge >= 0.3 is 5.97 Å². The largest absolute Gasteiger partial charge is 0.453 e. The number of carbonyl (C=O) groups excluding carboxylic acids is 1. The van der Waals surface area contributed by atoms with Gasteiger partial charge in [0.2, 0.25) is 0 Å². The van der Waals surface area contributed by atoms with Gasteiger partial charge in [-0.25, -0.2) is 4.79 Å². The van der Waals surface area contributed by atoms with Crippen LogP contribution >= 0.6 is 23.2 Å². The quantitative estimate of drug-likeness (QED) is 0.726. The number of hydrogen-bond donors (Lipinski definition) is 0. The van der Waals surface area contributed by atoms with Crippen LogP contribution in [0.15, 0.2) is 42.5 Å². The molecule has 0 spiro atoms. The van der Waals surface area contributed by atoms with Crippen molar-refractivity contribution in [3.63, 3.8) is 0 Å². The molecular formula is C15H10Cl2O2. The number of rotatable bonds is 1. The van der Waals surface area contributed by atoms with Crippen LogP contribution in [-0.2, 0) is 11.2 Å². The Labute approximate surface area is 120 Å². The highest BCUT2D eigenvalue weighted by Gasteiger charge is 2.28. The van der Waals surface area contributed by atoms with Crippen LogP contribution in [0.5, 0.6) is 0 Å². The van der Waals surface area contributed by atoms with Crippen molar-refractivity contribution in [2.75, 3.05) is 0 Å². The zero-order valence-electron chi connectivity index (χ0n) is 9.90. The summed E-state index contributed by atoms with van der Waals surface area (Å²) < 4.78 is 5.45. The minimum absolute atomic E-state index is 0.317. The Morgan fingerprint density at radius 3 is 2.74 bits per heavy atom. The summed E-state index contributed by atoms with van der Waals surface area (Å²) in [4.78, 5) is 12.0. The molecule has 0 bridgehead atoms. The van der Waals surface area contributed by atoms with E-state index in [0.29, 0.717) is 22.0 Å². The van der Waals surface area contributed by atoms with E-state index in [0.717, 1.165) is 11.1 Å². The second kappa shape index (κ2) is 4.87. The lowest BCUT2D eigenvalue weighted by atomic mass is 9.95. The average Bonchev–Trinajstić information content (AvgIpc) is 2.41. The van der Waals surface area contributed by atoms with Crippen molar-refractivity contribution in [2.45, 2.75) is 12.5 Å². The van der Waals surface area contributed by atoms with E-state index >= 15 is 0 Å². The predicted octanol–water partition coefficient (Wildman–Crippen LogP) is 4.45. The summed E-state index contributed by atoms with van der Waals surface area (Å²) in [5.74, 6) is -0.317. The maximum atomic E-state index is 12.0. The third-order valence-electron chi connectivity index (χ3n) is 3.20. The Morgan fingerprint density at radius 2 is 1.89 bits per heavy atom. The van der Waals surface area contributed by atoms with Crippen molar-refractivity contribution in [1.82, 2.24) is 0 Å². The Balaban J connectivity index is 2.01. The minimum atomic E-state index is -0.381. The van der Waals surface area contributed by atoms with Gasteiger partial charge in [-0.15, -0.1) is 0 Å². The maximum absolute atomic E-state index is 12.0. The molecule has 19 heavy (non-hydrogen) atoms. The van der Waals surface area contributed by atoms with Gasteiger partial charge in [-0.3, -0.25) is 0 Å². The van der Waals surface area contributed by atoms with Gasteiger partial charge in [0, 0.05) is 22.0 Å². The number of cyclic esters (lactones) is 1. The van der Waals surface area contributed by atoms with Gasteiger partial charge in [0.25, 0.3) is 0 Å². The summed E-state index contributed by atoms with van der Waals surface area (Å²) in [5, 5.41) is 1.14. The molecule has 96 valence electrons. The van der Waals surface area contributed by atoms with E-state index in [1.165, 1.54) is 0 Å². The summed E-state index contributed by atoms with van der Waals surface area (Å²) in [6.07, 6.45) is 0.232. The fourth-order valence-electron chi connectivity index (χ4n) is 2.27. The van der Waals surface area contributed by atoms with Crippen LogP contribution in [0.1, 0.15) is 27.6 Å². The smallest absolute Gasteiger partial charge is 0.339 e. The standard InChI is InChI=1S/C15H10Cl2O2/c16-10-5-6-13(17)12(8-10)14-7-9-3-1-2-4-11(9)15(18)19-14/h1-6,8,14H,7H2. The van der Waals surface area contributed by atoms with Gasteiger partial charge < -0.3 is 4.74 Å². The van der Waals surface area contributed by atoms with Crippen LogP contribution in [-0.4, -0.2) is 5.97 Å². The van der Waals surface area contributed by atoms with E-state index in [-0.39, 0.29) is 12.1 Å². The first kappa shape index (κ1) is 12.5. The minimum Gasteiger partial charge on any atom is -0.453 e. The molecule has 2 aromatic carbocycles. The zero-order valence-corrected chi connectivity index (χ0v) is 11.4. The second-order valence-electron chi connectivity index (χ2n) is 4.42. The first-order chi connectivity index (χ1) is 9.15. The SMILES string of the molecule is O=C1OC(c2cc(Cl)ccc2Cl)Cc2ccccc21. The zero-order chi connectivity index (χ0) is 13.4. The van der Waals surface area contributed by atoms with Crippen LogP contribution in [0.2, 0.25) is 10.0 Å². The number of carbonyl (C=O) groups is 1. The number of benzene rings is 2. The molecule has 2 aromatic rings. The molecule has 0 N–H and O–H groups in total. The molecule has 1 atom stereocenters. The molecule has 0 fully saturated rings. The van der Waals surface area contributed by atoms with E-state index in [1.54, 1.807) is 24.3 Å². The Kier molecular flexibility index (Phi) is 3.21. The van der Waals surface area contributed by atoms with Crippen LogP contribution in [0.25, 0.3) is 0 Å². The van der Waals surface area contributed by atoms with Gasteiger partial charge in [0.1, 0.15) is 6.10 Å². The summed E-state index contributed by atoms with van der Waals surface area (Å²) in [6.45, 7) is 0. The van der Waals surface area contributed by atoms with Crippen molar-refractivity contribution in [3.05, 3.63) is 69.2 Å². The molecule has 0 aliphatic carbocycles. The molecule has 0 amide bonds. The topological polar surface area (TPSA) is 26.3 Å². The number of ether oxygens (including phenoxy) is 1. The first-order valence-corrected chi connectivity index (χ1v) is 6.64. The van der Waals surface area contributed by atoms with Crippen molar-refractivity contribution < 1.29 is 9.53 Å². The molecule has 0 aromatic heterocycles. The van der Waals surface area contributed by atoms with Gasteiger partial charge in [-0.1, -0.05) is 41.4 Å². The third-order valence-corrected chi connectivity index (χ3v) is 3.78. The lowest BCUT2D eigenvalue weighted by Crippen LogP contribution is -2.21. The summed E-state index contributed by atoms with van der Waals surface area (Å²) in [7, 11) is 0. The fourth-order valence-corrected chi connectivity index (χ4v) is 2.69. The molecule has 0 saturated carbocycles. The third kappa shape index (κ3) is 2.34. The highest BCUT2D eigenvalue weighted by Crippen LogP contribution is 2.35. The Morgan fingerprint density at radius 1 is 1.11 bits per heavy atom. The van der Waals surface area contributed by atoms with Crippen molar-refractivity contribution in [3.8, 4) is 0 Å². The Hall–Kier alpha value is -1.51. The second-order valence-corrected chi connectivity index (χ2v) is 5.26. The molecule has 1 aliphatic heterocycles. The van der Waals surface area contributed by atoms with E-state index in [9.17, 15) is 4.79 Å². The van der Waals surface area contributed by atoms with E-state index < -0.39 is 0 Å². The van der Waals surface area contributed by atoms with Crippen LogP contribution in [0, 0.1) is 0 Å². The monoisotopic (exact) mass is 292 g/mol. The normalized spacial score (nSPS) is 17.8. The predicted molar refractivity (Wildman–Crippen MR) is 74.8 cm³/mol. The molecular weight excluding hydrogens is 283 g/mol. The van der Waals surface area contributed by atoms with Gasteiger partial charge in [-0.05, 0) is 29.8 Å². The van der Waals surface area contributed by atoms with Gasteiger partial charge in [0.15, 0.2) is 0 Å². The molecule has 0 saturated heterocycles. The maximum Gasteiger partial charge on any atom is 0.339 e. The summed E-state index contributed by atoms with van der Waals surface area (Å²) in [6, 6.07) is 12.6. The van der Waals surface area contributed by atoms with Crippen molar-refractivity contribution in [1.29, 1.82) is 0 Å².